The fourth-order valence-electron chi connectivity index (χ4n) is 2.88. The van der Waals surface area contributed by atoms with Gasteiger partial charge in [-0.3, -0.25) is 4.79 Å². The summed E-state index contributed by atoms with van der Waals surface area (Å²) in [6.07, 6.45) is 7.88. The van der Waals surface area contributed by atoms with Gasteiger partial charge in [0, 0.05) is 12.1 Å². The zero-order valence-corrected chi connectivity index (χ0v) is 15.1. The molecule has 0 unspecified atom stereocenters. The largest absolute Gasteiger partial charge is 0.493 e. The lowest BCUT2D eigenvalue weighted by Gasteiger charge is -2.26. The molecule has 5 heteroatoms. The maximum Gasteiger partial charge on any atom is 0.244 e. The number of methoxy groups -OCH3 is 1. The van der Waals surface area contributed by atoms with Crippen LogP contribution in [0.3, 0.4) is 0 Å². The van der Waals surface area contributed by atoms with Crippen LogP contribution in [-0.2, 0) is 4.79 Å². The van der Waals surface area contributed by atoms with Gasteiger partial charge in [0.25, 0.3) is 0 Å². The molecule has 0 spiro atoms. The fraction of sp³-hybridized carbons (Fsp3) is 0.526. The van der Waals surface area contributed by atoms with E-state index in [0.717, 1.165) is 24.3 Å². The molecule has 0 aliphatic heterocycles. The maximum absolute atomic E-state index is 12.1. The van der Waals surface area contributed by atoms with Crippen molar-refractivity contribution in [3.8, 4) is 11.5 Å². The molecule has 0 radical (unpaired) electrons. The molecular formula is C19H26ClNO3. The predicted molar refractivity (Wildman–Crippen MR) is 97.8 cm³/mol. The number of hydrogen-bond acceptors (Lipinski definition) is 3. The molecule has 0 atom stereocenters. The minimum Gasteiger partial charge on any atom is -0.493 e. The highest BCUT2D eigenvalue weighted by atomic mass is 35.5. The molecule has 24 heavy (non-hydrogen) atoms. The van der Waals surface area contributed by atoms with Crippen molar-refractivity contribution in [1.82, 2.24) is 5.32 Å². The predicted octanol–water partition coefficient (Wildman–Crippen LogP) is 4.02. The van der Waals surface area contributed by atoms with Crippen molar-refractivity contribution in [2.24, 2.45) is 5.92 Å². The number of amides is 1. The van der Waals surface area contributed by atoms with Crippen LogP contribution in [0.2, 0.25) is 0 Å². The van der Waals surface area contributed by atoms with E-state index < -0.39 is 0 Å². The number of nitrogens with one attached hydrogen (secondary N) is 1. The lowest BCUT2D eigenvalue weighted by atomic mass is 9.87. The van der Waals surface area contributed by atoms with E-state index in [1.807, 2.05) is 18.2 Å². The van der Waals surface area contributed by atoms with Crippen LogP contribution in [0.5, 0.6) is 11.5 Å². The lowest BCUT2D eigenvalue weighted by Crippen LogP contribution is -2.36. The van der Waals surface area contributed by atoms with Crippen molar-refractivity contribution >= 4 is 23.6 Å². The number of rotatable bonds is 7. The summed E-state index contributed by atoms with van der Waals surface area (Å²) in [5.41, 5.74) is 0.887. The first-order valence-corrected chi connectivity index (χ1v) is 9.01. The number of benzene rings is 1. The monoisotopic (exact) mass is 351 g/mol. The Labute approximate surface area is 149 Å². The Hall–Kier alpha value is -1.68. The van der Waals surface area contributed by atoms with Gasteiger partial charge in [0.15, 0.2) is 11.5 Å². The average Bonchev–Trinajstić information content (AvgIpc) is 2.60. The summed E-state index contributed by atoms with van der Waals surface area (Å²) in [5.74, 6) is 2.43. The van der Waals surface area contributed by atoms with Gasteiger partial charge in [-0.1, -0.05) is 13.0 Å². The molecule has 1 aliphatic carbocycles. The molecule has 4 nitrogen and oxygen atoms in total. The second-order valence-electron chi connectivity index (χ2n) is 6.25. The van der Waals surface area contributed by atoms with Crippen LogP contribution < -0.4 is 14.8 Å². The van der Waals surface area contributed by atoms with Crippen molar-refractivity contribution in [2.75, 3.05) is 19.6 Å². The highest BCUT2D eigenvalue weighted by molar-refractivity contribution is 6.18. The summed E-state index contributed by atoms with van der Waals surface area (Å²) in [4.78, 5) is 12.1. The van der Waals surface area contributed by atoms with Crippen LogP contribution in [0.25, 0.3) is 6.08 Å². The van der Waals surface area contributed by atoms with Crippen molar-refractivity contribution in [3.63, 3.8) is 0 Å². The number of carbonyl (C=O) groups is 1. The maximum atomic E-state index is 12.1. The lowest BCUT2D eigenvalue weighted by molar-refractivity contribution is -0.117. The third-order valence-electron chi connectivity index (χ3n) is 4.31. The summed E-state index contributed by atoms with van der Waals surface area (Å²) in [6, 6.07) is 5.86. The first-order valence-electron chi connectivity index (χ1n) is 8.47. The van der Waals surface area contributed by atoms with E-state index in [2.05, 4.69) is 12.2 Å². The zero-order chi connectivity index (χ0) is 17.4. The van der Waals surface area contributed by atoms with E-state index in [-0.39, 0.29) is 5.91 Å². The highest BCUT2D eigenvalue weighted by Crippen LogP contribution is 2.28. The first kappa shape index (κ1) is 18.7. The van der Waals surface area contributed by atoms with Crippen LogP contribution in [0, 0.1) is 5.92 Å². The van der Waals surface area contributed by atoms with E-state index in [0.29, 0.717) is 30.0 Å². The Morgan fingerprint density at radius 3 is 2.71 bits per heavy atom. The molecule has 1 aromatic carbocycles. The van der Waals surface area contributed by atoms with Gasteiger partial charge >= 0.3 is 0 Å². The Morgan fingerprint density at radius 2 is 2.04 bits per heavy atom. The molecule has 1 saturated carbocycles. The standard InChI is InChI=1S/C19H26ClNO3/c1-14-3-7-16(8-4-14)21-19(22)10-6-15-5-9-17(24-12-11-20)18(13-15)23-2/h5-6,9-10,13-14,16H,3-4,7-8,11-12H2,1-2H3,(H,21,22). The van der Waals surface area contributed by atoms with E-state index in [1.165, 1.54) is 12.8 Å². The van der Waals surface area contributed by atoms with Crippen LogP contribution in [0.4, 0.5) is 0 Å². The molecule has 1 aromatic rings. The average molecular weight is 352 g/mol. The molecule has 0 heterocycles. The summed E-state index contributed by atoms with van der Waals surface area (Å²) in [5, 5.41) is 3.08. The van der Waals surface area contributed by atoms with Crippen LogP contribution >= 0.6 is 11.6 Å². The number of carbonyl (C=O) groups excluding carboxylic acids is 1. The summed E-state index contributed by atoms with van der Waals surface area (Å²) < 4.78 is 10.8. The molecule has 0 saturated heterocycles. The van der Waals surface area contributed by atoms with Gasteiger partial charge in [0.05, 0.1) is 13.0 Å². The molecule has 1 aliphatic rings. The van der Waals surface area contributed by atoms with Crippen molar-refractivity contribution in [1.29, 1.82) is 0 Å². The molecular weight excluding hydrogens is 326 g/mol. The second kappa shape index (κ2) is 9.58. The second-order valence-corrected chi connectivity index (χ2v) is 6.62. The molecule has 1 fully saturated rings. The quantitative estimate of drug-likeness (QED) is 0.596. The van der Waals surface area contributed by atoms with Crippen LogP contribution in [0.1, 0.15) is 38.2 Å². The smallest absolute Gasteiger partial charge is 0.244 e. The zero-order valence-electron chi connectivity index (χ0n) is 14.4. The SMILES string of the molecule is COc1cc(C=CC(=O)NC2CCC(C)CC2)ccc1OCCCl. The Kier molecular flexibility index (Phi) is 7.44. The molecule has 132 valence electrons. The summed E-state index contributed by atoms with van der Waals surface area (Å²) >= 11 is 5.63. The number of halogens is 1. The summed E-state index contributed by atoms with van der Waals surface area (Å²) in [6.45, 7) is 2.70. The van der Waals surface area contributed by atoms with Gasteiger partial charge in [0.2, 0.25) is 5.91 Å². The van der Waals surface area contributed by atoms with Crippen molar-refractivity contribution in [2.45, 2.75) is 38.6 Å². The Bertz CT molecular complexity index is 566. The third kappa shape index (κ3) is 5.75. The summed E-state index contributed by atoms with van der Waals surface area (Å²) in [7, 11) is 1.59. The minimum atomic E-state index is -0.0454. The normalized spacial score (nSPS) is 20.8. The van der Waals surface area contributed by atoms with Gasteiger partial charge in [-0.25, -0.2) is 0 Å². The van der Waals surface area contributed by atoms with Crippen LogP contribution in [-0.4, -0.2) is 31.5 Å². The van der Waals surface area contributed by atoms with Gasteiger partial charge in [-0.15, -0.1) is 11.6 Å². The topological polar surface area (TPSA) is 47.6 Å². The minimum absolute atomic E-state index is 0.0454. The Morgan fingerprint density at radius 1 is 1.29 bits per heavy atom. The molecule has 2 rings (SSSR count). The van der Waals surface area contributed by atoms with Crippen molar-refractivity contribution < 1.29 is 14.3 Å². The third-order valence-corrected chi connectivity index (χ3v) is 4.47. The van der Waals surface area contributed by atoms with E-state index in [9.17, 15) is 4.79 Å². The number of hydrogen-bond donors (Lipinski definition) is 1. The number of alkyl halides is 1. The van der Waals surface area contributed by atoms with Gasteiger partial charge in [0.1, 0.15) is 6.61 Å². The van der Waals surface area contributed by atoms with Crippen LogP contribution in [0.15, 0.2) is 24.3 Å². The molecule has 1 amide bonds. The molecule has 0 aromatic heterocycles. The Balaban J connectivity index is 1.91. The first-order chi connectivity index (χ1) is 11.6. The van der Waals surface area contributed by atoms with E-state index >= 15 is 0 Å². The van der Waals surface area contributed by atoms with Gasteiger partial charge in [-0.05, 0) is 55.4 Å². The van der Waals surface area contributed by atoms with Crippen molar-refractivity contribution in [3.05, 3.63) is 29.8 Å². The fourth-order valence-corrected chi connectivity index (χ4v) is 2.96. The van der Waals surface area contributed by atoms with Gasteiger partial charge < -0.3 is 14.8 Å². The number of ether oxygens (including phenoxy) is 2. The van der Waals surface area contributed by atoms with Gasteiger partial charge in [-0.2, -0.15) is 0 Å². The molecule has 1 N–H and O–H groups in total. The van der Waals surface area contributed by atoms with E-state index in [4.69, 9.17) is 21.1 Å². The molecule has 0 bridgehead atoms. The highest BCUT2D eigenvalue weighted by Gasteiger charge is 2.18. The van der Waals surface area contributed by atoms with E-state index in [1.54, 1.807) is 19.3 Å².